The van der Waals surface area contributed by atoms with Crippen molar-refractivity contribution in [2.75, 3.05) is 20.8 Å². The molecule has 1 aromatic rings. The van der Waals surface area contributed by atoms with Gasteiger partial charge in [0.2, 0.25) is 0 Å². The van der Waals surface area contributed by atoms with Crippen LogP contribution in [0.4, 0.5) is 0 Å². The molecule has 0 spiro atoms. The van der Waals surface area contributed by atoms with Gasteiger partial charge in [0.1, 0.15) is 0 Å². The second kappa shape index (κ2) is 10.8. The second-order valence-corrected chi connectivity index (χ2v) is 6.58. The van der Waals surface area contributed by atoms with Gasteiger partial charge in [-0.05, 0) is 43.4 Å². The van der Waals surface area contributed by atoms with E-state index >= 15 is 0 Å². The maximum Gasteiger partial charge on any atom is 0.188 e. The number of guanidine groups is 1. The van der Waals surface area contributed by atoms with E-state index in [1.165, 1.54) is 12.8 Å². The van der Waals surface area contributed by atoms with Gasteiger partial charge >= 0.3 is 0 Å². The molecule has 136 valence electrons. The minimum absolute atomic E-state index is 0.355. The molecule has 0 aliphatic rings. The molecule has 0 heterocycles. The minimum Gasteiger partial charge on any atom is -0.493 e. The van der Waals surface area contributed by atoms with E-state index in [4.69, 9.17) is 15.2 Å². The number of aliphatic imine (C=N–C) groups is 1. The van der Waals surface area contributed by atoms with Crippen LogP contribution in [0.15, 0.2) is 23.2 Å². The maximum absolute atomic E-state index is 5.97. The number of hydrogen-bond donors (Lipinski definition) is 2. The predicted octanol–water partition coefficient (Wildman–Crippen LogP) is 3.37. The monoisotopic (exact) mass is 335 g/mol. The summed E-state index contributed by atoms with van der Waals surface area (Å²) >= 11 is 0. The highest BCUT2D eigenvalue weighted by molar-refractivity contribution is 5.78. The van der Waals surface area contributed by atoms with Crippen LogP contribution in [0.5, 0.6) is 11.5 Å². The highest BCUT2D eigenvalue weighted by Crippen LogP contribution is 2.27. The molecule has 0 bridgehead atoms. The summed E-state index contributed by atoms with van der Waals surface area (Å²) in [6.07, 6.45) is 4.39. The lowest BCUT2D eigenvalue weighted by molar-refractivity contribution is 0.354. The van der Waals surface area contributed by atoms with Crippen molar-refractivity contribution < 1.29 is 9.47 Å². The highest BCUT2D eigenvalue weighted by Gasteiger charge is 2.05. The molecule has 0 aliphatic carbocycles. The molecule has 24 heavy (non-hydrogen) atoms. The van der Waals surface area contributed by atoms with Gasteiger partial charge in [0.25, 0.3) is 0 Å². The molecule has 0 amide bonds. The lowest BCUT2D eigenvalue weighted by Gasteiger charge is -2.15. The average molecular weight is 335 g/mol. The zero-order valence-electron chi connectivity index (χ0n) is 15.8. The van der Waals surface area contributed by atoms with E-state index in [2.05, 4.69) is 31.1 Å². The molecule has 0 fully saturated rings. The van der Waals surface area contributed by atoms with E-state index < -0.39 is 0 Å². The Bertz CT molecular complexity index is 515. The van der Waals surface area contributed by atoms with Crippen molar-refractivity contribution in [2.24, 2.45) is 16.6 Å². The molecule has 1 unspecified atom stereocenters. The second-order valence-electron chi connectivity index (χ2n) is 6.58. The van der Waals surface area contributed by atoms with Gasteiger partial charge in [0.15, 0.2) is 17.5 Å². The Kier molecular flexibility index (Phi) is 9.05. The number of hydrogen-bond acceptors (Lipinski definition) is 3. The summed E-state index contributed by atoms with van der Waals surface area (Å²) in [6, 6.07) is 6.27. The molecule has 0 saturated carbocycles. The molecule has 0 radical (unpaired) electrons. The third-order valence-corrected chi connectivity index (χ3v) is 3.94. The molecular weight excluding hydrogens is 302 g/mol. The standard InChI is InChI=1S/C19H33N3O2/c1-14(2)7-6-8-15(3)22-19(20)21-12-11-16-9-10-17(23-4)18(13-16)24-5/h9-10,13-15H,6-8,11-12H2,1-5H3,(H3,20,21,22). The number of rotatable bonds is 10. The van der Waals surface area contributed by atoms with Crippen molar-refractivity contribution >= 4 is 5.96 Å². The fraction of sp³-hybridized carbons (Fsp3) is 0.632. The zero-order chi connectivity index (χ0) is 17.9. The fourth-order valence-corrected chi connectivity index (χ4v) is 2.54. The number of ether oxygens (including phenoxy) is 2. The third kappa shape index (κ3) is 7.57. The molecular formula is C19H33N3O2. The van der Waals surface area contributed by atoms with Crippen LogP contribution in [0.25, 0.3) is 0 Å². The predicted molar refractivity (Wildman–Crippen MR) is 101 cm³/mol. The van der Waals surface area contributed by atoms with Crippen LogP contribution in [-0.2, 0) is 6.42 Å². The van der Waals surface area contributed by atoms with Crippen LogP contribution in [0.3, 0.4) is 0 Å². The maximum atomic E-state index is 5.97. The van der Waals surface area contributed by atoms with Crippen molar-refractivity contribution in [3.05, 3.63) is 23.8 Å². The van der Waals surface area contributed by atoms with Crippen LogP contribution < -0.4 is 20.5 Å². The SMILES string of the molecule is COc1ccc(CCN=C(N)NC(C)CCCC(C)C)cc1OC. The van der Waals surface area contributed by atoms with Crippen molar-refractivity contribution in [2.45, 2.75) is 52.5 Å². The smallest absolute Gasteiger partial charge is 0.188 e. The van der Waals surface area contributed by atoms with E-state index in [0.717, 1.165) is 35.8 Å². The van der Waals surface area contributed by atoms with Crippen molar-refractivity contribution in [1.29, 1.82) is 0 Å². The van der Waals surface area contributed by atoms with Crippen LogP contribution >= 0.6 is 0 Å². The first-order chi connectivity index (χ1) is 11.5. The molecule has 0 saturated heterocycles. The fourth-order valence-electron chi connectivity index (χ4n) is 2.54. The first-order valence-corrected chi connectivity index (χ1v) is 8.73. The first kappa shape index (κ1) is 20.1. The van der Waals surface area contributed by atoms with E-state index in [9.17, 15) is 0 Å². The van der Waals surface area contributed by atoms with Gasteiger partial charge < -0.3 is 20.5 Å². The van der Waals surface area contributed by atoms with Gasteiger partial charge in [-0.1, -0.05) is 32.8 Å². The summed E-state index contributed by atoms with van der Waals surface area (Å²) < 4.78 is 10.6. The normalized spacial score (nSPS) is 13.0. The average Bonchev–Trinajstić information content (AvgIpc) is 2.54. The molecule has 5 heteroatoms. The van der Waals surface area contributed by atoms with Crippen molar-refractivity contribution in [3.63, 3.8) is 0 Å². The van der Waals surface area contributed by atoms with E-state index in [0.29, 0.717) is 18.5 Å². The first-order valence-electron chi connectivity index (χ1n) is 8.73. The van der Waals surface area contributed by atoms with Crippen LogP contribution in [-0.4, -0.2) is 32.8 Å². The Balaban J connectivity index is 2.40. The molecule has 1 atom stereocenters. The molecule has 5 nitrogen and oxygen atoms in total. The van der Waals surface area contributed by atoms with Crippen molar-refractivity contribution in [3.8, 4) is 11.5 Å². The quantitative estimate of drug-likeness (QED) is 0.508. The summed E-state index contributed by atoms with van der Waals surface area (Å²) in [4.78, 5) is 4.41. The van der Waals surface area contributed by atoms with Gasteiger partial charge in [0.05, 0.1) is 14.2 Å². The van der Waals surface area contributed by atoms with Crippen LogP contribution in [0.2, 0.25) is 0 Å². The number of nitrogens with zero attached hydrogens (tertiary/aromatic N) is 1. The van der Waals surface area contributed by atoms with E-state index in [1.807, 2.05) is 18.2 Å². The van der Waals surface area contributed by atoms with Gasteiger partial charge in [-0.3, -0.25) is 4.99 Å². The molecule has 0 aliphatic heterocycles. The molecule has 1 aromatic carbocycles. The number of nitrogens with two attached hydrogens (primary N) is 1. The molecule has 0 aromatic heterocycles. The van der Waals surface area contributed by atoms with E-state index in [1.54, 1.807) is 14.2 Å². The lowest BCUT2D eigenvalue weighted by Crippen LogP contribution is -2.38. The highest BCUT2D eigenvalue weighted by atomic mass is 16.5. The van der Waals surface area contributed by atoms with Gasteiger partial charge in [-0.15, -0.1) is 0 Å². The number of methoxy groups -OCH3 is 2. The number of benzene rings is 1. The summed E-state index contributed by atoms with van der Waals surface area (Å²) in [5, 5.41) is 3.26. The van der Waals surface area contributed by atoms with E-state index in [-0.39, 0.29) is 0 Å². The van der Waals surface area contributed by atoms with Crippen LogP contribution in [0, 0.1) is 5.92 Å². The van der Waals surface area contributed by atoms with Crippen LogP contribution in [0.1, 0.15) is 45.6 Å². The number of nitrogens with one attached hydrogen (secondary N) is 1. The summed E-state index contributed by atoms with van der Waals surface area (Å²) in [6.45, 7) is 7.30. The third-order valence-electron chi connectivity index (χ3n) is 3.94. The van der Waals surface area contributed by atoms with Gasteiger partial charge in [-0.2, -0.15) is 0 Å². The minimum atomic E-state index is 0.355. The topological polar surface area (TPSA) is 68.9 Å². The Morgan fingerprint density at radius 2 is 1.83 bits per heavy atom. The Morgan fingerprint density at radius 1 is 1.12 bits per heavy atom. The largest absolute Gasteiger partial charge is 0.493 e. The van der Waals surface area contributed by atoms with Gasteiger partial charge in [0, 0.05) is 12.6 Å². The summed E-state index contributed by atoms with van der Waals surface area (Å²) in [5.41, 5.74) is 7.11. The summed E-state index contributed by atoms with van der Waals surface area (Å²) in [7, 11) is 3.28. The summed E-state index contributed by atoms with van der Waals surface area (Å²) in [5.74, 6) is 2.75. The molecule has 1 rings (SSSR count). The Morgan fingerprint density at radius 3 is 2.46 bits per heavy atom. The van der Waals surface area contributed by atoms with Crippen molar-refractivity contribution in [1.82, 2.24) is 5.32 Å². The Labute approximate surface area is 146 Å². The zero-order valence-corrected chi connectivity index (χ0v) is 15.8. The van der Waals surface area contributed by atoms with Gasteiger partial charge in [-0.25, -0.2) is 0 Å². The lowest BCUT2D eigenvalue weighted by atomic mass is 10.0. The molecule has 3 N–H and O–H groups in total. The Hall–Kier alpha value is -1.91.